The van der Waals surface area contributed by atoms with Crippen molar-refractivity contribution in [3.63, 3.8) is 0 Å². The van der Waals surface area contributed by atoms with Gasteiger partial charge >= 0.3 is 0 Å². The lowest BCUT2D eigenvalue weighted by Crippen LogP contribution is -2.10. The first-order chi connectivity index (χ1) is 6.56. The van der Waals surface area contributed by atoms with Crippen molar-refractivity contribution in [1.29, 1.82) is 0 Å². The summed E-state index contributed by atoms with van der Waals surface area (Å²) >= 11 is 5.86. The summed E-state index contributed by atoms with van der Waals surface area (Å²) in [6.07, 6.45) is 1.85. The number of rotatable bonds is 3. The van der Waals surface area contributed by atoms with Crippen molar-refractivity contribution in [2.75, 3.05) is 0 Å². The molecule has 0 saturated heterocycles. The fourth-order valence-corrected chi connectivity index (χ4v) is 1.79. The minimum atomic E-state index is -0.127. The minimum Gasteiger partial charge on any atom is -0.506 e. The second kappa shape index (κ2) is 4.67. The molecule has 0 radical (unpaired) electrons. The van der Waals surface area contributed by atoms with Gasteiger partial charge in [-0.2, -0.15) is 0 Å². The number of aromatic hydroxyl groups is 1. The number of nitrogens with two attached hydrogens (primary N) is 1. The van der Waals surface area contributed by atoms with E-state index in [0.29, 0.717) is 5.02 Å². The van der Waals surface area contributed by atoms with Gasteiger partial charge in [-0.3, -0.25) is 0 Å². The normalized spacial score (nSPS) is 12.9. The molecule has 0 aliphatic carbocycles. The maximum atomic E-state index is 9.71. The van der Waals surface area contributed by atoms with E-state index in [1.165, 1.54) is 0 Å². The maximum absolute atomic E-state index is 9.71. The molecule has 1 atom stereocenters. The average Bonchev–Trinajstić information content (AvgIpc) is 2.11. The molecule has 78 valence electrons. The Hall–Kier alpha value is -0.730. The van der Waals surface area contributed by atoms with Gasteiger partial charge in [0.25, 0.3) is 0 Å². The van der Waals surface area contributed by atoms with Gasteiger partial charge in [0.05, 0.1) is 5.02 Å². The van der Waals surface area contributed by atoms with Crippen LogP contribution in [0.2, 0.25) is 5.02 Å². The van der Waals surface area contributed by atoms with Crippen LogP contribution in [0.4, 0.5) is 0 Å². The van der Waals surface area contributed by atoms with Crippen molar-refractivity contribution in [1.82, 2.24) is 0 Å². The largest absolute Gasteiger partial charge is 0.506 e. The molecule has 3 heteroatoms. The van der Waals surface area contributed by atoms with E-state index in [2.05, 4.69) is 6.92 Å². The number of hydrogen-bond donors (Lipinski definition) is 2. The van der Waals surface area contributed by atoms with Crippen LogP contribution >= 0.6 is 11.6 Å². The van der Waals surface area contributed by atoms with E-state index in [9.17, 15) is 5.11 Å². The van der Waals surface area contributed by atoms with Gasteiger partial charge in [-0.15, -0.1) is 0 Å². The van der Waals surface area contributed by atoms with Crippen molar-refractivity contribution in [3.8, 4) is 5.75 Å². The molecule has 0 aromatic heterocycles. The number of aryl methyl sites for hydroxylation is 1. The molecule has 0 saturated carbocycles. The van der Waals surface area contributed by atoms with Gasteiger partial charge in [-0.05, 0) is 25.0 Å². The van der Waals surface area contributed by atoms with Gasteiger partial charge in [0.2, 0.25) is 0 Å². The molecule has 3 N–H and O–H groups in total. The van der Waals surface area contributed by atoms with E-state index >= 15 is 0 Å². The first kappa shape index (κ1) is 11.3. The fraction of sp³-hybridized carbons (Fsp3) is 0.455. The van der Waals surface area contributed by atoms with Crippen LogP contribution in [0.3, 0.4) is 0 Å². The summed E-state index contributed by atoms with van der Waals surface area (Å²) in [7, 11) is 0. The molecular weight excluding hydrogens is 198 g/mol. The van der Waals surface area contributed by atoms with Crippen LogP contribution in [-0.2, 0) is 0 Å². The highest BCUT2D eigenvalue weighted by Crippen LogP contribution is 2.33. The molecule has 0 heterocycles. The van der Waals surface area contributed by atoms with Crippen LogP contribution in [-0.4, -0.2) is 5.11 Å². The summed E-state index contributed by atoms with van der Waals surface area (Å²) in [4.78, 5) is 0. The van der Waals surface area contributed by atoms with Gasteiger partial charge in [-0.25, -0.2) is 0 Å². The molecule has 0 amide bonds. The summed E-state index contributed by atoms with van der Waals surface area (Å²) in [6.45, 7) is 4.00. The Morgan fingerprint density at radius 1 is 1.50 bits per heavy atom. The molecular formula is C11H16ClNO. The summed E-state index contributed by atoms with van der Waals surface area (Å²) in [5.41, 5.74) is 7.70. The molecule has 14 heavy (non-hydrogen) atoms. The quantitative estimate of drug-likeness (QED) is 0.810. The van der Waals surface area contributed by atoms with Crippen molar-refractivity contribution in [3.05, 3.63) is 28.3 Å². The Balaban J connectivity index is 3.07. The number of halogens is 1. The maximum Gasteiger partial charge on any atom is 0.138 e. The van der Waals surface area contributed by atoms with Crippen LogP contribution in [0.15, 0.2) is 12.1 Å². The SMILES string of the molecule is CCCC(N)c1cc(C)cc(Cl)c1O. The van der Waals surface area contributed by atoms with E-state index in [1.807, 2.05) is 13.0 Å². The Bertz CT molecular complexity index is 325. The molecule has 1 aromatic carbocycles. The number of phenols is 1. The lowest BCUT2D eigenvalue weighted by atomic mass is 10.0. The lowest BCUT2D eigenvalue weighted by molar-refractivity contribution is 0.458. The third-order valence-corrected chi connectivity index (χ3v) is 2.52. The minimum absolute atomic E-state index is 0.123. The van der Waals surface area contributed by atoms with Crippen LogP contribution in [0, 0.1) is 6.92 Å². The summed E-state index contributed by atoms with van der Waals surface area (Å²) in [5, 5.41) is 10.1. The highest BCUT2D eigenvalue weighted by Gasteiger charge is 2.13. The Morgan fingerprint density at radius 3 is 2.71 bits per heavy atom. The molecule has 0 bridgehead atoms. The Morgan fingerprint density at radius 2 is 2.14 bits per heavy atom. The van der Waals surface area contributed by atoms with Crippen LogP contribution < -0.4 is 5.73 Å². The Kier molecular flexibility index (Phi) is 3.78. The van der Waals surface area contributed by atoms with Gasteiger partial charge < -0.3 is 10.8 Å². The second-order valence-electron chi connectivity index (χ2n) is 3.58. The second-order valence-corrected chi connectivity index (χ2v) is 3.99. The standard InChI is InChI=1S/C11H16ClNO/c1-3-4-10(13)8-5-7(2)6-9(12)11(8)14/h5-6,10,14H,3-4,13H2,1-2H3. The third-order valence-electron chi connectivity index (χ3n) is 2.24. The van der Waals surface area contributed by atoms with E-state index in [-0.39, 0.29) is 11.8 Å². The molecule has 2 nitrogen and oxygen atoms in total. The smallest absolute Gasteiger partial charge is 0.138 e. The summed E-state index contributed by atoms with van der Waals surface area (Å²) < 4.78 is 0. The van der Waals surface area contributed by atoms with E-state index in [4.69, 9.17) is 17.3 Å². The topological polar surface area (TPSA) is 46.2 Å². The predicted molar refractivity (Wildman–Crippen MR) is 59.7 cm³/mol. The van der Waals surface area contributed by atoms with E-state index < -0.39 is 0 Å². The van der Waals surface area contributed by atoms with Gasteiger partial charge in [0.1, 0.15) is 5.75 Å². The lowest BCUT2D eigenvalue weighted by Gasteiger charge is -2.14. The van der Waals surface area contributed by atoms with E-state index in [1.54, 1.807) is 6.07 Å². The molecule has 1 aromatic rings. The molecule has 1 rings (SSSR count). The van der Waals surface area contributed by atoms with Crippen molar-refractivity contribution < 1.29 is 5.11 Å². The van der Waals surface area contributed by atoms with E-state index in [0.717, 1.165) is 24.0 Å². The number of phenolic OH excluding ortho intramolecular Hbond substituents is 1. The highest BCUT2D eigenvalue weighted by atomic mass is 35.5. The number of hydrogen-bond acceptors (Lipinski definition) is 2. The average molecular weight is 214 g/mol. The molecule has 0 aliphatic rings. The molecule has 0 fully saturated rings. The monoisotopic (exact) mass is 213 g/mol. The summed E-state index contributed by atoms with van der Waals surface area (Å²) in [6, 6.07) is 3.50. The zero-order valence-electron chi connectivity index (χ0n) is 8.55. The van der Waals surface area contributed by atoms with Crippen LogP contribution in [0.25, 0.3) is 0 Å². The van der Waals surface area contributed by atoms with Crippen molar-refractivity contribution in [2.24, 2.45) is 5.73 Å². The Labute approximate surface area is 89.7 Å². The van der Waals surface area contributed by atoms with Gasteiger partial charge in [-0.1, -0.05) is 31.0 Å². The fourth-order valence-electron chi connectivity index (χ4n) is 1.51. The van der Waals surface area contributed by atoms with Gasteiger partial charge in [0, 0.05) is 11.6 Å². The molecule has 1 unspecified atom stereocenters. The molecule has 0 aliphatic heterocycles. The predicted octanol–water partition coefficient (Wildman–Crippen LogP) is 3.15. The zero-order valence-corrected chi connectivity index (χ0v) is 9.30. The third kappa shape index (κ3) is 2.40. The molecule has 0 spiro atoms. The number of benzene rings is 1. The van der Waals surface area contributed by atoms with Gasteiger partial charge in [0.15, 0.2) is 0 Å². The van der Waals surface area contributed by atoms with Crippen LogP contribution in [0.5, 0.6) is 5.75 Å². The summed E-state index contributed by atoms with van der Waals surface area (Å²) in [5.74, 6) is 0.123. The van der Waals surface area contributed by atoms with Crippen molar-refractivity contribution in [2.45, 2.75) is 32.7 Å². The highest BCUT2D eigenvalue weighted by molar-refractivity contribution is 6.32. The first-order valence-electron chi connectivity index (χ1n) is 4.80. The van der Waals surface area contributed by atoms with Crippen LogP contribution in [0.1, 0.15) is 36.9 Å². The van der Waals surface area contributed by atoms with Crippen molar-refractivity contribution >= 4 is 11.6 Å². The zero-order chi connectivity index (χ0) is 10.7. The first-order valence-corrected chi connectivity index (χ1v) is 5.18.